The molecule has 7 heteroatoms. The summed E-state index contributed by atoms with van der Waals surface area (Å²) in [6.45, 7) is 1.81. The highest BCUT2D eigenvalue weighted by molar-refractivity contribution is 5.94. The van der Waals surface area contributed by atoms with E-state index in [0.29, 0.717) is 29.5 Å². The van der Waals surface area contributed by atoms with E-state index in [0.717, 1.165) is 31.5 Å². The van der Waals surface area contributed by atoms with Gasteiger partial charge in [-0.1, -0.05) is 35.4 Å². The van der Waals surface area contributed by atoms with Gasteiger partial charge in [-0.25, -0.2) is 0 Å². The molecule has 2 heterocycles. The maximum Gasteiger partial charge on any atom is 0.318 e. The first-order chi connectivity index (χ1) is 14.2. The van der Waals surface area contributed by atoms with Crippen molar-refractivity contribution in [3.63, 3.8) is 0 Å². The number of nitriles is 1. The van der Waals surface area contributed by atoms with Crippen LogP contribution in [0.15, 0.2) is 59.0 Å². The number of anilines is 1. The second-order valence-electron chi connectivity index (χ2n) is 7.02. The zero-order chi connectivity index (χ0) is 20.1. The van der Waals surface area contributed by atoms with Gasteiger partial charge in [0.15, 0.2) is 0 Å². The standard InChI is InChI=1S/C22H21N5O2/c23-15-17-8-10-18(11-9-17)20(28)24-19(14-16-6-2-1-3-7-16)21-25-26-22(29-21)27-12-4-5-13-27/h1-3,6-11,19H,4-5,12-14H2,(H,24,28)/t19-/m1/s1. The molecule has 1 amide bonds. The van der Waals surface area contributed by atoms with E-state index in [4.69, 9.17) is 9.68 Å². The van der Waals surface area contributed by atoms with E-state index in [1.165, 1.54) is 0 Å². The fourth-order valence-electron chi connectivity index (χ4n) is 3.39. The molecule has 1 fully saturated rings. The van der Waals surface area contributed by atoms with Crippen LogP contribution in [-0.2, 0) is 6.42 Å². The van der Waals surface area contributed by atoms with Crippen molar-refractivity contribution in [2.75, 3.05) is 18.0 Å². The number of rotatable bonds is 6. The highest BCUT2D eigenvalue weighted by Crippen LogP contribution is 2.24. The Morgan fingerprint density at radius 2 is 1.83 bits per heavy atom. The molecule has 0 bridgehead atoms. The van der Waals surface area contributed by atoms with Crippen LogP contribution in [0.25, 0.3) is 0 Å². The summed E-state index contributed by atoms with van der Waals surface area (Å²) in [5.41, 5.74) is 2.04. The van der Waals surface area contributed by atoms with E-state index in [1.54, 1.807) is 24.3 Å². The zero-order valence-corrected chi connectivity index (χ0v) is 15.9. The second-order valence-corrected chi connectivity index (χ2v) is 7.02. The fraction of sp³-hybridized carbons (Fsp3) is 0.273. The van der Waals surface area contributed by atoms with Crippen LogP contribution in [0.4, 0.5) is 6.01 Å². The summed E-state index contributed by atoms with van der Waals surface area (Å²) in [6.07, 6.45) is 2.76. The van der Waals surface area contributed by atoms with E-state index in [9.17, 15) is 4.79 Å². The maximum absolute atomic E-state index is 12.8. The normalized spacial score (nSPS) is 14.4. The molecule has 7 nitrogen and oxygen atoms in total. The maximum atomic E-state index is 12.8. The summed E-state index contributed by atoms with van der Waals surface area (Å²) in [5.74, 6) is 0.133. The second kappa shape index (κ2) is 8.57. The van der Waals surface area contributed by atoms with Crippen molar-refractivity contribution >= 4 is 11.9 Å². The average Bonchev–Trinajstić information content (AvgIpc) is 3.46. The molecule has 0 radical (unpaired) electrons. The molecular weight excluding hydrogens is 366 g/mol. The van der Waals surface area contributed by atoms with Gasteiger partial charge in [0.25, 0.3) is 5.91 Å². The van der Waals surface area contributed by atoms with Crippen molar-refractivity contribution in [3.05, 3.63) is 77.2 Å². The Bertz CT molecular complexity index is 1000. The quantitative estimate of drug-likeness (QED) is 0.698. The third kappa shape index (κ3) is 4.43. The first-order valence-corrected chi connectivity index (χ1v) is 9.66. The monoisotopic (exact) mass is 387 g/mol. The molecule has 1 aliphatic heterocycles. The van der Waals surface area contributed by atoms with E-state index >= 15 is 0 Å². The molecule has 1 saturated heterocycles. The molecule has 0 unspecified atom stereocenters. The summed E-state index contributed by atoms with van der Waals surface area (Å²) in [5, 5.41) is 20.3. The molecule has 3 aromatic rings. The Morgan fingerprint density at radius 1 is 1.10 bits per heavy atom. The number of aromatic nitrogens is 2. The topological polar surface area (TPSA) is 95.0 Å². The molecule has 1 aliphatic rings. The van der Waals surface area contributed by atoms with Gasteiger partial charge in [0.2, 0.25) is 5.89 Å². The average molecular weight is 387 g/mol. The predicted octanol–water partition coefficient (Wildman–Crippen LogP) is 3.26. The van der Waals surface area contributed by atoms with Crippen molar-refractivity contribution in [2.45, 2.75) is 25.3 Å². The number of hydrogen-bond donors (Lipinski definition) is 1. The lowest BCUT2D eigenvalue weighted by atomic mass is 10.0. The molecule has 0 saturated carbocycles. The first-order valence-electron chi connectivity index (χ1n) is 9.66. The Kier molecular flexibility index (Phi) is 5.52. The van der Waals surface area contributed by atoms with Crippen molar-refractivity contribution in [1.29, 1.82) is 5.26 Å². The Labute approximate surface area is 169 Å². The van der Waals surface area contributed by atoms with Crippen molar-refractivity contribution in [3.8, 4) is 6.07 Å². The van der Waals surface area contributed by atoms with E-state index in [-0.39, 0.29) is 5.91 Å². The van der Waals surface area contributed by atoms with Gasteiger partial charge < -0.3 is 14.6 Å². The number of nitrogens with zero attached hydrogens (tertiary/aromatic N) is 4. The van der Waals surface area contributed by atoms with Crippen LogP contribution in [-0.4, -0.2) is 29.2 Å². The largest absolute Gasteiger partial charge is 0.406 e. The van der Waals surface area contributed by atoms with Crippen LogP contribution in [0.3, 0.4) is 0 Å². The highest BCUT2D eigenvalue weighted by Gasteiger charge is 2.25. The highest BCUT2D eigenvalue weighted by atomic mass is 16.4. The van der Waals surface area contributed by atoms with Gasteiger partial charge in [-0.15, -0.1) is 5.10 Å². The lowest BCUT2D eigenvalue weighted by Crippen LogP contribution is -2.30. The van der Waals surface area contributed by atoms with Crippen molar-refractivity contribution in [2.24, 2.45) is 0 Å². The number of nitrogens with one attached hydrogen (secondary N) is 1. The minimum atomic E-state index is -0.454. The smallest absolute Gasteiger partial charge is 0.318 e. The van der Waals surface area contributed by atoms with Crippen LogP contribution in [0.5, 0.6) is 0 Å². The summed E-state index contributed by atoms with van der Waals surface area (Å²) in [6, 6.07) is 18.5. The van der Waals surface area contributed by atoms with E-state index in [1.807, 2.05) is 30.3 Å². The number of amides is 1. The van der Waals surface area contributed by atoms with Gasteiger partial charge >= 0.3 is 6.01 Å². The van der Waals surface area contributed by atoms with Crippen molar-refractivity contribution < 1.29 is 9.21 Å². The van der Waals surface area contributed by atoms with Crippen LogP contribution >= 0.6 is 0 Å². The van der Waals surface area contributed by atoms with Crippen molar-refractivity contribution in [1.82, 2.24) is 15.5 Å². The number of carbonyl (C=O) groups is 1. The van der Waals surface area contributed by atoms with Crippen LogP contribution in [0, 0.1) is 11.3 Å². The molecule has 0 spiro atoms. The lowest BCUT2D eigenvalue weighted by molar-refractivity contribution is 0.0930. The van der Waals surface area contributed by atoms with E-state index < -0.39 is 6.04 Å². The fourth-order valence-corrected chi connectivity index (χ4v) is 3.39. The van der Waals surface area contributed by atoms with Gasteiger partial charge in [-0.2, -0.15) is 5.26 Å². The molecule has 146 valence electrons. The third-order valence-electron chi connectivity index (χ3n) is 4.97. The minimum Gasteiger partial charge on any atom is -0.406 e. The number of carbonyl (C=O) groups excluding carboxylic acids is 1. The van der Waals surface area contributed by atoms with Gasteiger partial charge in [-0.3, -0.25) is 4.79 Å². The molecule has 1 aromatic heterocycles. The predicted molar refractivity (Wildman–Crippen MR) is 107 cm³/mol. The molecule has 29 heavy (non-hydrogen) atoms. The molecule has 1 N–H and O–H groups in total. The van der Waals surface area contributed by atoms with Gasteiger partial charge in [0.1, 0.15) is 6.04 Å². The van der Waals surface area contributed by atoms with Crippen LogP contribution < -0.4 is 10.2 Å². The summed E-state index contributed by atoms with van der Waals surface area (Å²) in [7, 11) is 0. The number of benzene rings is 2. The van der Waals surface area contributed by atoms with E-state index in [2.05, 4.69) is 26.5 Å². The van der Waals surface area contributed by atoms with Gasteiger partial charge in [0.05, 0.1) is 11.6 Å². The molecule has 4 rings (SSSR count). The van der Waals surface area contributed by atoms with Gasteiger partial charge in [0, 0.05) is 25.1 Å². The Morgan fingerprint density at radius 3 is 2.52 bits per heavy atom. The summed E-state index contributed by atoms with van der Waals surface area (Å²) < 4.78 is 5.92. The van der Waals surface area contributed by atoms with Crippen LogP contribution in [0.2, 0.25) is 0 Å². The van der Waals surface area contributed by atoms with Crippen LogP contribution in [0.1, 0.15) is 46.3 Å². The lowest BCUT2D eigenvalue weighted by Gasteiger charge is -2.16. The molecular formula is C22H21N5O2. The Hall–Kier alpha value is -3.66. The van der Waals surface area contributed by atoms with Gasteiger partial charge in [-0.05, 0) is 42.7 Å². The molecule has 2 aromatic carbocycles. The number of hydrogen-bond acceptors (Lipinski definition) is 6. The Balaban J connectivity index is 1.56. The zero-order valence-electron chi connectivity index (χ0n) is 15.9. The summed E-state index contributed by atoms with van der Waals surface area (Å²) in [4.78, 5) is 14.9. The third-order valence-corrected chi connectivity index (χ3v) is 4.97. The first kappa shape index (κ1) is 18.7. The minimum absolute atomic E-state index is 0.253. The summed E-state index contributed by atoms with van der Waals surface area (Å²) >= 11 is 0. The molecule has 1 atom stereocenters. The SMILES string of the molecule is N#Cc1ccc(C(=O)N[C@H](Cc2ccccc2)c2nnc(N3CCCC3)o2)cc1. The molecule has 0 aliphatic carbocycles.